The van der Waals surface area contributed by atoms with Crippen molar-refractivity contribution in [2.75, 3.05) is 0 Å². The number of rotatable bonds is 4. The zero-order valence-electron chi connectivity index (χ0n) is 8.84. The fraction of sp³-hybridized carbons (Fsp3) is 1.00. The maximum absolute atomic E-state index is 12.8. The maximum atomic E-state index is 12.8. The van der Waals surface area contributed by atoms with Gasteiger partial charge in [-0.15, -0.1) is 0 Å². The summed E-state index contributed by atoms with van der Waals surface area (Å²) in [6, 6.07) is 0. The molecule has 0 amide bonds. The van der Waals surface area contributed by atoms with E-state index in [-0.39, 0.29) is 0 Å². The summed E-state index contributed by atoms with van der Waals surface area (Å²) in [5.41, 5.74) is 0. The Balaban J connectivity index is 6.15. The van der Waals surface area contributed by atoms with Crippen LogP contribution in [0.15, 0.2) is 0 Å². The lowest BCUT2D eigenvalue weighted by Gasteiger charge is -2.38. The summed E-state index contributed by atoms with van der Waals surface area (Å²) in [4.78, 5) is 0. The average Bonchev–Trinajstić information content (AvgIpc) is 2.09. The summed E-state index contributed by atoms with van der Waals surface area (Å²) < 4.78 is 147. The Hall–Kier alpha value is -0.960. The molecule has 2 unspecified atom stereocenters. The van der Waals surface area contributed by atoms with Crippen molar-refractivity contribution in [3.63, 3.8) is 0 Å². The number of ether oxygens (including phenoxy) is 1. The minimum absolute atomic E-state index is 1.50. The molecule has 0 rings (SSSR count). The van der Waals surface area contributed by atoms with Crippen molar-refractivity contribution in [2.24, 2.45) is 0 Å². The van der Waals surface area contributed by atoms with Gasteiger partial charge in [0.15, 0.2) is 0 Å². The standard InChI is InChI=1S/C6H2F12O3/c7-1(3(9,10)11,5(15,16)19)21-2(8,4(12,13)14)6(17,18)20/h19-20H. The van der Waals surface area contributed by atoms with Crippen LogP contribution in [-0.4, -0.2) is 46.5 Å². The van der Waals surface area contributed by atoms with Crippen LogP contribution in [0.25, 0.3) is 0 Å². The first-order chi connectivity index (χ1) is 8.71. The molecule has 0 aliphatic heterocycles. The predicted molar refractivity (Wildman–Crippen MR) is 35.2 cm³/mol. The van der Waals surface area contributed by atoms with Crippen LogP contribution in [0.5, 0.6) is 0 Å². The second kappa shape index (κ2) is 4.77. The van der Waals surface area contributed by atoms with E-state index in [1.54, 1.807) is 0 Å². The van der Waals surface area contributed by atoms with Gasteiger partial charge in [-0.1, -0.05) is 0 Å². The van der Waals surface area contributed by atoms with Crippen LogP contribution in [0.4, 0.5) is 52.7 Å². The normalized spacial score (nSPS) is 20.9. The molecule has 0 heterocycles. The SMILES string of the molecule is OC(F)(F)C(F)(OC(F)(C(O)(F)F)C(F)(F)F)C(F)(F)F. The molecule has 2 atom stereocenters. The van der Waals surface area contributed by atoms with E-state index in [4.69, 9.17) is 10.2 Å². The smallest absolute Gasteiger partial charge is 0.331 e. The summed E-state index contributed by atoms with van der Waals surface area (Å²) in [6.45, 7) is 0. The number of aliphatic hydroxyl groups is 2. The monoisotopic (exact) mass is 350 g/mol. The number of halogens is 12. The van der Waals surface area contributed by atoms with Crippen LogP contribution < -0.4 is 0 Å². The zero-order chi connectivity index (χ0) is 17.7. The molecule has 0 saturated heterocycles. The van der Waals surface area contributed by atoms with E-state index in [1.807, 2.05) is 0 Å². The van der Waals surface area contributed by atoms with Crippen LogP contribution in [0, 0.1) is 0 Å². The van der Waals surface area contributed by atoms with E-state index in [0.717, 1.165) is 0 Å². The van der Waals surface area contributed by atoms with Gasteiger partial charge in [-0.3, -0.25) is 4.74 Å². The van der Waals surface area contributed by atoms with E-state index in [9.17, 15) is 52.7 Å². The molecular formula is C6H2F12O3. The minimum Gasteiger partial charge on any atom is -0.331 e. The Bertz CT molecular complexity index is 308. The maximum Gasteiger partial charge on any atom is 0.458 e. The highest BCUT2D eigenvalue weighted by molar-refractivity contribution is 4.94. The van der Waals surface area contributed by atoms with Crippen molar-refractivity contribution in [3.05, 3.63) is 0 Å². The third-order valence-corrected chi connectivity index (χ3v) is 1.78. The second-order valence-corrected chi connectivity index (χ2v) is 3.37. The van der Waals surface area contributed by atoms with Gasteiger partial charge < -0.3 is 10.2 Å². The minimum atomic E-state index is -7.29. The molecule has 0 saturated carbocycles. The van der Waals surface area contributed by atoms with Gasteiger partial charge >= 0.3 is 36.3 Å². The third kappa shape index (κ3) is 3.28. The zero-order valence-corrected chi connectivity index (χ0v) is 8.84. The quantitative estimate of drug-likeness (QED) is 0.767. The first kappa shape index (κ1) is 20.0. The first-order valence-electron chi connectivity index (χ1n) is 4.12. The van der Waals surface area contributed by atoms with Crippen molar-refractivity contribution in [1.82, 2.24) is 0 Å². The summed E-state index contributed by atoms with van der Waals surface area (Å²) >= 11 is 0. The van der Waals surface area contributed by atoms with Crippen molar-refractivity contribution in [1.29, 1.82) is 0 Å². The molecular weight excluding hydrogens is 348 g/mol. The van der Waals surface area contributed by atoms with E-state index in [0.29, 0.717) is 0 Å². The van der Waals surface area contributed by atoms with Crippen molar-refractivity contribution >= 4 is 0 Å². The molecule has 21 heavy (non-hydrogen) atoms. The third-order valence-electron chi connectivity index (χ3n) is 1.78. The molecule has 0 spiro atoms. The highest BCUT2D eigenvalue weighted by atomic mass is 19.4. The van der Waals surface area contributed by atoms with Gasteiger partial charge in [-0.05, 0) is 0 Å². The van der Waals surface area contributed by atoms with Gasteiger partial charge in [0.2, 0.25) is 0 Å². The fourth-order valence-corrected chi connectivity index (χ4v) is 0.773. The van der Waals surface area contributed by atoms with Crippen LogP contribution in [0.1, 0.15) is 0 Å². The molecule has 128 valence electrons. The lowest BCUT2D eigenvalue weighted by molar-refractivity contribution is -0.541. The van der Waals surface area contributed by atoms with Gasteiger partial charge in [0, 0.05) is 0 Å². The Morgan fingerprint density at radius 1 is 0.476 bits per heavy atom. The van der Waals surface area contributed by atoms with Crippen LogP contribution in [-0.2, 0) is 4.74 Å². The number of alkyl halides is 12. The lowest BCUT2D eigenvalue weighted by Crippen LogP contribution is -2.67. The van der Waals surface area contributed by atoms with Crippen LogP contribution in [0.3, 0.4) is 0 Å². The Labute approximate surface area is 105 Å². The van der Waals surface area contributed by atoms with E-state index < -0.39 is 36.3 Å². The molecule has 0 radical (unpaired) electrons. The average molecular weight is 350 g/mol. The summed E-state index contributed by atoms with van der Waals surface area (Å²) in [5.74, 6) is -14.5. The van der Waals surface area contributed by atoms with Gasteiger partial charge in [-0.2, -0.15) is 52.7 Å². The molecule has 15 heteroatoms. The number of hydrogen-bond acceptors (Lipinski definition) is 3. The Morgan fingerprint density at radius 2 is 0.667 bits per heavy atom. The number of hydrogen-bond donors (Lipinski definition) is 2. The molecule has 0 aromatic carbocycles. The molecule has 2 N–H and O–H groups in total. The van der Waals surface area contributed by atoms with Crippen molar-refractivity contribution in [3.8, 4) is 0 Å². The molecule has 3 nitrogen and oxygen atoms in total. The molecule has 0 aliphatic rings. The second-order valence-electron chi connectivity index (χ2n) is 3.37. The summed E-state index contributed by atoms with van der Waals surface area (Å²) in [5, 5.41) is 15.1. The highest BCUT2D eigenvalue weighted by Gasteiger charge is 2.83. The molecule has 0 bridgehead atoms. The molecule has 0 aromatic rings. The lowest BCUT2D eigenvalue weighted by atomic mass is 10.2. The highest BCUT2D eigenvalue weighted by Crippen LogP contribution is 2.53. The van der Waals surface area contributed by atoms with Crippen LogP contribution in [0.2, 0.25) is 0 Å². The Kier molecular flexibility index (Phi) is 4.55. The molecule has 0 aromatic heterocycles. The summed E-state index contributed by atoms with van der Waals surface area (Å²) in [6.07, 6.45) is -28.4. The first-order valence-corrected chi connectivity index (χ1v) is 4.12. The van der Waals surface area contributed by atoms with Crippen molar-refractivity contribution in [2.45, 2.75) is 36.3 Å². The molecule has 0 aliphatic carbocycles. The molecule has 0 fully saturated rings. The van der Waals surface area contributed by atoms with Crippen LogP contribution >= 0.6 is 0 Å². The van der Waals surface area contributed by atoms with Crippen molar-refractivity contribution < 1.29 is 67.6 Å². The van der Waals surface area contributed by atoms with E-state index >= 15 is 0 Å². The van der Waals surface area contributed by atoms with Gasteiger partial charge in [0.1, 0.15) is 0 Å². The fourth-order valence-electron chi connectivity index (χ4n) is 0.773. The van der Waals surface area contributed by atoms with Gasteiger partial charge in [-0.25, -0.2) is 0 Å². The van der Waals surface area contributed by atoms with E-state index in [2.05, 4.69) is 0 Å². The summed E-state index contributed by atoms with van der Waals surface area (Å²) in [7, 11) is 0. The predicted octanol–water partition coefficient (Wildman–Crippen LogP) is 2.63. The Morgan fingerprint density at radius 3 is 0.762 bits per heavy atom. The van der Waals surface area contributed by atoms with Gasteiger partial charge in [0.25, 0.3) is 0 Å². The largest absolute Gasteiger partial charge is 0.458 e. The van der Waals surface area contributed by atoms with E-state index in [1.165, 1.54) is 4.74 Å². The van der Waals surface area contributed by atoms with Gasteiger partial charge in [0.05, 0.1) is 0 Å². The topological polar surface area (TPSA) is 49.7 Å².